The first-order chi connectivity index (χ1) is 15.3. The highest BCUT2D eigenvalue weighted by atomic mass is 32.2. The number of aryl methyl sites for hydroxylation is 1. The molecular weight excluding hydrogens is 426 g/mol. The van der Waals surface area contributed by atoms with Crippen molar-refractivity contribution < 1.29 is 8.42 Å². The zero-order valence-corrected chi connectivity index (χ0v) is 20.2. The number of hydrogen-bond acceptors (Lipinski definition) is 8. The zero-order valence-electron chi connectivity index (χ0n) is 19.4. The summed E-state index contributed by atoms with van der Waals surface area (Å²) in [4.78, 5) is 13.6. The molecule has 10 heteroatoms. The van der Waals surface area contributed by atoms with Gasteiger partial charge in [-0.25, -0.2) is 13.1 Å². The Labute approximate surface area is 191 Å². The van der Waals surface area contributed by atoms with E-state index in [4.69, 9.17) is 0 Å². The molecule has 1 heterocycles. The third kappa shape index (κ3) is 6.29. The van der Waals surface area contributed by atoms with Crippen LogP contribution in [0.3, 0.4) is 0 Å². The van der Waals surface area contributed by atoms with Crippen molar-refractivity contribution in [1.29, 1.82) is 0 Å². The minimum atomic E-state index is -3.51. The predicted molar refractivity (Wildman–Crippen MR) is 129 cm³/mol. The van der Waals surface area contributed by atoms with E-state index < -0.39 is 10.0 Å². The Morgan fingerprint density at radius 3 is 2.00 bits per heavy atom. The Kier molecular flexibility index (Phi) is 8.25. The fourth-order valence-electron chi connectivity index (χ4n) is 3.95. The van der Waals surface area contributed by atoms with Gasteiger partial charge in [0, 0.05) is 25.7 Å². The summed E-state index contributed by atoms with van der Waals surface area (Å²) in [7, 11) is -3.51. The smallest absolute Gasteiger partial charge is 0.241 e. The van der Waals surface area contributed by atoms with Crippen molar-refractivity contribution in [2.75, 3.05) is 35.6 Å². The van der Waals surface area contributed by atoms with E-state index in [0.29, 0.717) is 28.7 Å². The summed E-state index contributed by atoms with van der Waals surface area (Å²) in [6.07, 6.45) is 3.52. The van der Waals surface area contributed by atoms with Gasteiger partial charge in [-0.3, -0.25) is 0 Å². The number of sulfonamides is 1. The van der Waals surface area contributed by atoms with Gasteiger partial charge in [0.1, 0.15) is 0 Å². The molecule has 1 saturated carbocycles. The quantitative estimate of drug-likeness (QED) is 0.425. The van der Waals surface area contributed by atoms with Crippen molar-refractivity contribution in [3.63, 3.8) is 0 Å². The van der Waals surface area contributed by atoms with E-state index in [1.807, 2.05) is 33.8 Å². The standard InChI is InChI=1S/C22H35N7O2S/c1-5-23-20-26-21(24-6-2)28-22(27-20)25-14-17-10-12-18(13-11-17)29-32(30,31)19-9-7-8-15(3)16(19)4/h7-9,17-18,29H,5-6,10-14H2,1-4H3,(H3,23,24,25,26,27,28). The average molecular weight is 462 g/mol. The monoisotopic (exact) mass is 461 g/mol. The third-order valence-corrected chi connectivity index (χ3v) is 7.53. The van der Waals surface area contributed by atoms with Gasteiger partial charge in [-0.2, -0.15) is 15.0 Å². The van der Waals surface area contributed by atoms with Crippen LogP contribution in [-0.4, -0.2) is 49.0 Å². The van der Waals surface area contributed by atoms with E-state index in [-0.39, 0.29) is 6.04 Å². The van der Waals surface area contributed by atoms with Crippen molar-refractivity contribution in [3.8, 4) is 0 Å². The average Bonchev–Trinajstić information content (AvgIpc) is 2.75. The summed E-state index contributed by atoms with van der Waals surface area (Å²) >= 11 is 0. The zero-order chi connectivity index (χ0) is 23.1. The number of rotatable bonds is 10. The van der Waals surface area contributed by atoms with Gasteiger partial charge in [0.2, 0.25) is 27.9 Å². The molecule has 0 bridgehead atoms. The van der Waals surface area contributed by atoms with E-state index >= 15 is 0 Å². The highest BCUT2D eigenvalue weighted by Crippen LogP contribution is 2.27. The van der Waals surface area contributed by atoms with E-state index in [1.165, 1.54) is 0 Å². The first-order valence-corrected chi connectivity index (χ1v) is 12.9. The van der Waals surface area contributed by atoms with Crippen LogP contribution in [0.2, 0.25) is 0 Å². The maximum absolute atomic E-state index is 12.9. The molecule has 4 N–H and O–H groups in total. The molecule has 32 heavy (non-hydrogen) atoms. The molecule has 0 radical (unpaired) electrons. The lowest BCUT2D eigenvalue weighted by Gasteiger charge is -2.29. The molecule has 1 aromatic carbocycles. The number of nitrogens with one attached hydrogen (secondary N) is 4. The molecule has 9 nitrogen and oxygen atoms in total. The molecule has 176 valence electrons. The van der Waals surface area contributed by atoms with Gasteiger partial charge in [-0.05, 0) is 76.5 Å². The van der Waals surface area contributed by atoms with E-state index in [1.54, 1.807) is 12.1 Å². The highest BCUT2D eigenvalue weighted by Gasteiger charge is 2.27. The first kappa shape index (κ1) is 24.2. The Morgan fingerprint density at radius 2 is 1.44 bits per heavy atom. The van der Waals surface area contributed by atoms with E-state index in [9.17, 15) is 8.42 Å². The van der Waals surface area contributed by atoms with Gasteiger partial charge < -0.3 is 16.0 Å². The number of hydrogen-bond donors (Lipinski definition) is 4. The lowest BCUT2D eigenvalue weighted by atomic mass is 9.86. The van der Waals surface area contributed by atoms with Crippen molar-refractivity contribution in [1.82, 2.24) is 19.7 Å². The predicted octanol–water partition coefficient (Wildman–Crippen LogP) is 3.30. The maximum atomic E-state index is 12.9. The number of anilines is 3. The third-order valence-electron chi connectivity index (χ3n) is 5.87. The molecule has 0 saturated heterocycles. The van der Waals surface area contributed by atoms with E-state index in [0.717, 1.165) is 56.4 Å². The van der Waals surface area contributed by atoms with Gasteiger partial charge in [0.25, 0.3) is 0 Å². The fourth-order valence-corrected chi connectivity index (χ4v) is 5.57. The molecule has 0 spiro atoms. The fraction of sp³-hybridized carbons (Fsp3) is 0.591. The Bertz CT molecular complexity index is 981. The van der Waals surface area contributed by atoms with Gasteiger partial charge in [0.05, 0.1) is 4.90 Å². The molecular formula is C22H35N7O2S. The van der Waals surface area contributed by atoms with Crippen LogP contribution in [0, 0.1) is 19.8 Å². The van der Waals surface area contributed by atoms with Crippen molar-refractivity contribution in [2.24, 2.45) is 5.92 Å². The number of nitrogens with zero attached hydrogens (tertiary/aromatic N) is 3. The van der Waals surface area contributed by atoms with E-state index in [2.05, 4.69) is 35.6 Å². The van der Waals surface area contributed by atoms with Crippen LogP contribution in [0.4, 0.5) is 17.8 Å². The van der Waals surface area contributed by atoms with Crippen LogP contribution in [0.15, 0.2) is 23.1 Å². The highest BCUT2D eigenvalue weighted by molar-refractivity contribution is 7.89. The molecule has 0 atom stereocenters. The van der Waals surface area contributed by atoms with Crippen LogP contribution >= 0.6 is 0 Å². The largest absolute Gasteiger partial charge is 0.354 e. The molecule has 1 aromatic heterocycles. The second kappa shape index (κ2) is 10.9. The summed E-state index contributed by atoms with van der Waals surface area (Å²) in [5.41, 5.74) is 1.79. The molecule has 1 aliphatic carbocycles. The molecule has 0 unspecified atom stereocenters. The number of aromatic nitrogens is 3. The van der Waals surface area contributed by atoms with Crippen LogP contribution in [0.25, 0.3) is 0 Å². The second-order valence-electron chi connectivity index (χ2n) is 8.28. The normalized spacial score (nSPS) is 18.9. The maximum Gasteiger partial charge on any atom is 0.241 e. The summed E-state index contributed by atoms with van der Waals surface area (Å²) < 4.78 is 28.7. The summed E-state index contributed by atoms with van der Waals surface area (Å²) in [6.45, 7) is 10.00. The van der Waals surface area contributed by atoms with Gasteiger partial charge in [-0.15, -0.1) is 0 Å². The van der Waals surface area contributed by atoms with Crippen LogP contribution in [0.5, 0.6) is 0 Å². The minimum absolute atomic E-state index is 0.0333. The van der Waals surface area contributed by atoms with Gasteiger partial charge in [0.15, 0.2) is 0 Å². The topological polar surface area (TPSA) is 121 Å². The lowest BCUT2D eigenvalue weighted by Crippen LogP contribution is -2.38. The summed E-state index contributed by atoms with van der Waals surface area (Å²) in [6, 6.07) is 5.37. The molecule has 3 rings (SSSR count). The summed E-state index contributed by atoms with van der Waals surface area (Å²) in [5, 5.41) is 9.59. The molecule has 0 aliphatic heterocycles. The van der Waals surface area contributed by atoms with Crippen LogP contribution in [-0.2, 0) is 10.0 Å². The molecule has 0 amide bonds. The van der Waals surface area contributed by atoms with Gasteiger partial charge in [-0.1, -0.05) is 12.1 Å². The Hall–Kier alpha value is -2.46. The van der Waals surface area contributed by atoms with Crippen LogP contribution in [0.1, 0.15) is 50.7 Å². The van der Waals surface area contributed by atoms with Gasteiger partial charge >= 0.3 is 0 Å². The summed E-state index contributed by atoms with van der Waals surface area (Å²) in [5.74, 6) is 2.08. The molecule has 2 aromatic rings. The van der Waals surface area contributed by atoms with Crippen molar-refractivity contribution in [2.45, 2.75) is 64.3 Å². The Morgan fingerprint density at radius 1 is 0.875 bits per heavy atom. The van der Waals surface area contributed by atoms with Crippen molar-refractivity contribution in [3.05, 3.63) is 29.3 Å². The van der Waals surface area contributed by atoms with Crippen molar-refractivity contribution >= 4 is 27.9 Å². The SMILES string of the molecule is CCNc1nc(NCC)nc(NCC2CCC(NS(=O)(=O)c3cccc(C)c3C)CC2)n1. The first-order valence-electron chi connectivity index (χ1n) is 11.4. The lowest BCUT2D eigenvalue weighted by molar-refractivity contribution is 0.323. The number of benzene rings is 1. The second-order valence-corrected chi connectivity index (χ2v) is 9.97. The Balaban J connectivity index is 1.53. The van der Waals surface area contributed by atoms with Crippen LogP contribution < -0.4 is 20.7 Å². The molecule has 1 fully saturated rings. The molecule has 1 aliphatic rings. The minimum Gasteiger partial charge on any atom is -0.354 e.